The summed E-state index contributed by atoms with van der Waals surface area (Å²) in [4.78, 5) is 22.5. The standard InChI is InChI=1S/C21H37N5OS/c1-5-22-21(24-16-17(2)15-18-9-7-14-28-18)23-11-8-13-26-12-6-10-19(26)20(27)25(3)4/h7,9,14,17,19H,5-6,8,10-13,15-16H2,1-4H3,(H2,22,23,24). The number of aliphatic imine (C=N–C) groups is 1. The van der Waals surface area contributed by atoms with Crippen molar-refractivity contribution in [1.29, 1.82) is 0 Å². The summed E-state index contributed by atoms with van der Waals surface area (Å²) in [6, 6.07) is 4.37. The highest BCUT2D eigenvalue weighted by Gasteiger charge is 2.30. The second-order valence-corrected chi connectivity index (χ2v) is 8.85. The normalized spacial score (nSPS) is 18.9. The van der Waals surface area contributed by atoms with Gasteiger partial charge in [-0.25, -0.2) is 0 Å². The van der Waals surface area contributed by atoms with Crippen LogP contribution in [0.3, 0.4) is 0 Å². The fourth-order valence-electron chi connectivity index (χ4n) is 3.59. The minimum atomic E-state index is 0.0648. The fourth-order valence-corrected chi connectivity index (χ4v) is 4.46. The van der Waals surface area contributed by atoms with E-state index in [0.29, 0.717) is 5.92 Å². The Morgan fingerprint density at radius 3 is 2.93 bits per heavy atom. The summed E-state index contributed by atoms with van der Waals surface area (Å²) < 4.78 is 0. The molecular formula is C21H37N5OS. The molecule has 1 saturated heterocycles. The number of carbonyl (C=O) groups is 1. The van der Waals surface area contributed by atoms with Crippen molar-refractivity contribution in [3.63, 3.8) is 0 Å². The van der Waals surface area contributed by atoms with Gasteiger partial charge in [-0.2, -0.15) is 0 Å². The zero-order chi connectivity index (χ0) is 20.4. The topological polar surface area (TPSA) is 60.0 Å². The lowest BCUT2D eigenvalue weighted by atomic mass is 10.1. The van der Waals surface area contributed by atoms with Crippen LogP contribution in [0.4, 0.5) is 0 Å². The van der Waals surface area contributed by atoms with E-state index in [1.165, 1.54) is 4.88 Å². The Hall–Kier alpha value is -1.60. The molecule has 1 amide bonds. The van der Waals surface area contributed by atoms with Gasteiger partial charge >= 0.3 is 0 Å². The zero-order valence-corrected chi connectivity index (χ0v) is 18.7. The number of rotatable bonds is 10. The van der Waals surface area contributed by atoms with E-state index in [0.717, 1.165) is 64.4 Å². The molecule has 2 atom stereocenters. The van der Waals surface area contributed by atoms with Crippen LogP contribution in [-0.4, -0.2) is 74.5 Å². The summed E-state index contributed by atoms with van der Waals surface area (Å²) in [7, 11) is 3.69. The minimum absolute atomic E-state index is 0.0648. The number of thiophene rings is 1. The molecule has 0 aliphatic carbocycles. The van der Waals surface area contributed by atoms with Crippen LogP contribution < -0.4 is 10.6 Å². The summed E-state index contributed by atoms with van der Waals surface area (Å²) in [6.07, 6.45) is 4.18. The molecule has 1 fully saturated rings. The molecule has 6 nitrogen and oxygen atoms in total. The van der Waals surface area contributed by atoms with Gasteiger partial charge in [0.1, 0.15) is 0 Å². The molecule has 1 aromatic heterocycles. The van der Waals surface area contributed by atoms with Gasteiger partial charge in [0.2, 0.25) is 5.91 Å². The van der Waals surface area contributed by atoms with E-state index in [1.807, 2.05) is 25.4 Å². The Bertz CT molecular complexity index is 602. The molecule has 2 N–H and O–H groups in total. The first kappa shape index (κ1) is 22.7. The number of guanidine groups is 1. The van der Waals surface area contributed by atoms with Crippen LogP contribution in [0, 0.1) is 5.92 Å². The van der Waals surface area contributed by atoms with Crippen molar-refractivity contribution in [2.45, 2.75) is 45.6 Å². The number of carbonyl (C=O) groups excluding carboxylic acids is 1. The molecule has 0 bridgehead atoms. The molecule has 0 spiro atoms. The summed E-state index contributed by atoms with van der Waals surface area (Å²) in [5.41, 5.74) is 0. The second-order valence-electron chi connectivity index (χ2n) is 7.82. The first-order chi connectivity index (χ1) is 13.5. The molecule has 28 heavy (non-hydrogen) atoms. The van der Waals surface area contributed by atoms with Crippen LogP contribution in [0.2, 0.25) is 0 Å². The lowest BCUT2D eigenvalue weighted by Crippen LogP contribution is -2.44. The van der Waals surface area contributed by atoms with E-state index in [4.69, 9.17) is 4.99 Å². The van der Waals surface area contributed by atoms with Crippen molar-refractivity contribution in [3.05, 3.63) is 22.4 Å². The van der Waals surface area contributed by atoms with Crippen LogP contribution >= 0.6 is 11.3 Å². The van der Waals surface area contributed by atoms with E-state index in [9.17, 15) is 4.79 Å². The van der Waals surface area contributed by atoms with E-state index in [1.54, 1.807) is 4.90 Å². The van der Waals surface area contributed by atoms with Crippen LogP contribution in [0.1, 0.15) is 38.0 Å². The maximum Gasteiger partial charge on any atom is 0.239 e. The maximum atomic E-state index is 12.3. The summed E-state index contributed by atoms with van der Waals surface area (Å²) in [5.74, 6) is 1.65. The van der Waals surface area contributed by atoms with Crippen molar-refractivity contribution in [1.82, 2.24) is 20.4 Å². The molecule has 1 aliphatic rings. The third-order valence-electron chi connectivity index (χ3n) is 5.04. The fraction of sp³-hybridized carbons (Fsp3) is 0.714. The molecule has 0 radical (unpaired) electrons. The van der Waals surface area contributed by atoms with E-state index in [2.05, 4.69) is 46.9 Å². The predicted octanol–water partition coefficient (Wildman–Crippen LogP) is 2.42. The summed E-state index contributed by atoms with van der Waals surface area (Å²) >= 11 is 1.82. The largest absolute Gasteiger partial charge is 0.357 e. The molecule has 2 unspecified atom stereocenters. The Balaban J connectivity index is 1.72. The van der Waals surface area contributed by atoms with Gasteiger partial charge in [0.25, 0.3) is 0 Å². The lowest BCUT2D eigenvalue weighted by Gasteiger charge is -2.26. The van der Waals surface area contributed by atoms with Gasteiger partial charge in [0.15, 0.2) is 5.96 Å². The predicted molar refractivity (Wildman–Crippen MR) is 119 cm³/mol. The quantitative estimate of drug-likeness (QED) is 0.355. The number of hydrogen-bond donors (Lipinski definition) is 2. The molecular weight excluding hydrogens is 370 g/mol. The van der Waals surface area contributed by atoms with Gasteiger partial charge in [-0.05, 0) is 56.5 Å². The third kappa shape index (κ3) is 7.43. The van der Waals surface area contributed by atoms with Crippen LogP contribution in [0.25, 0.3) is 0 Å². The number of hydrogen-bond acceptors (Lipinski definition) is 4. The zero-order valence-electron chi connectivity index (χ0n) is 17.9. The van der Waals surface area contributed by atoms with Crippen LogP contribution in [0.5, 0.6) is 0 Å². The number of nitrogens with one attached hydrogen (secondary N) is 2. The summed E-state index contributed by atoms with van der Waals surface area (Å²) in [6.45, 7) is 8.86. The van der Waals surface area contributed by atoms with Gasteiger partial charge in [-0.3, -0.25) is 14.7 Å². The van der Waals surface area contributed by atoms with E-state index < -0.39 is 0 Å². The SMILES string of the molecule is CCNC(=NCC(C)Cc1cccs1)NCCCN1CCCC1C(=O)N(C)C. The van der Waals surface area contributed by atoms with Gasteiger partial charge in [-0.1, -0.05) is 13.0 Å². The monoisotopic (exact) mass is 407 g/mol. The van der Waals surface area contributed by atoms with Gasteiger partial charge < -0.3 is 15.5 Å². The number of nitrogens with zero attached hydrogens (tertiary/aromatic N) is 3. The molecule has 2 rings (SSSR count). The molecule has 0 saturated carbocycles. The molecule has 158 valence electrons. The van der Waals surface area contributed by atoms with Crippen molar-refractivity contribution in [3.8, 4) is 0 Å². The van der Waals surface area contributed by atoms with Gasteiger partial charge in [0.05, 0.1) is 6.04 Å². The number of likely N-dealkylation sites (tertiary alicyclic amines) is 1. The van der Waals surface area contributed by atoms with Crippen molar-refractivity contribution < 1.29 is 4.79 Å². The number of likely N-dealkylation sites (N-methyl/N-ethyl adjacent to an activating group) is 1. The highest BCUT2D eigenvalue weighted by molar-refractivity contribution is 7.09. The molecule has 7 heteroatoms. The van der Waals surface area contributed by atoms with Crippen molar-refractivity contribution in [2.24, 2.45) is 10.9 Å². The second kappa shape index (κ2) is 12.1. The average molecular weight is 408 g/mol. The highest BCUT2D eigenvalue weighted by atomic mass is 32.1. The van der Waals surface area contributed by atoms with Crippen molar-refractivity contribution in [2.75, 3.05) is 46.8 Å². The Morgan fingerprint density at radius 2 is 2.25 bits per heavy atom. The molecule has 1 aliphatic heterocycles. The molecule has 0 aromatic carbocycles. The Morgan fingerprint density at radius 1 is 1.43 bits per heavy atom. The van der Waals surface area contributed by atoms with Gasteiger partial charge in [0, 0.05) is 45.2 Å². The average Bonchev–Trinajstić information content (AvgIpc) is 3.34. The highest BCUT2D eigenvalue weighted by Crippen LogP contribution is 2.18. The first-order valence-corrected chi connectivity index (χ1v) is 11.4. The van der Waals surface area contributed by atoms with Crippen LogP contribution in [-0.2, 0) is 11.2 Å². The van der Waals surface area contributed by atoms with Gasteiger partial charge in [-0.15, -0.1) is 11.3 Å². The summed E-state index contributed by atoms with van der Waals surface area (Å²) in [5, 5.41) is 8.91. The lowest BCUT2D eigenvalue weighted by molar-refractivity contribution is -0.133. The van der Waals surface area contributed by atoms with Crippen molar-refractivity contribution >= 4 is 23.2 Å². The maximum absolute atomic E-state index is 12.3. The smallest absolute Gasteiger partial charge is 0.239 e. The Kier molecular flexibility index (Phi) is 9.78. The van der Waals surface area contributed by atoms with E-state index >= 15 is 0 Å². The number of amides is 1. The molecule has 2 heterocycles. The van der Waals surface area contributed by atoms with E-state index in [-0.39, 0.29) is 11.9 Å². The molecule has 1 aromatic rings. The van der Waals surface area contributed by atoms with Crippen LogP contribution in [0.15, 0.2) is 22.5 Å². The first-order valence-electron chi connectivity index (χ1n) is 10.5. The minimum Gasteiger partial charge on any atom is -0.357 e. The Labute approximate surface area is 174 Å². The third-order valence-corrected chi connectivity index (χ3v) is 5.94.